The van der Waals surface area contributed by atoms with Crippen molar-refractivity contribution >= 4 is 39.2 Å². The molecule has 1 aliphatic carbocycles. The van der Waals surface area contributed by atoms with Crippen molar-refractivity contribution in [2.24, 2.45) is 0 Å². The molecule has 22 heavy (non-hydrogen) atoms. The summed E-state index contributed by atoms with van der Waals surface area (Å²) in [6.45, 7) is 1.90. The van der Waals surface area contributed by atoms with E-state index in [-0.39, 0.29) is 17.2 Å². The summed E-state index contributed by atoms with van der Waals surface area (Å²) in [7, 11) is 0. The summed E-state index contributed by atoms with van der Waals surface area (Å²) in [6.07, 6.45) is 5.81. The minimum Gasteiger partial charge on any atom is -0.353 e. The molecule has 118 valence electrons. The van der Waals surface area contributed by atoms with Gasteiger partial charge in [0.2, 0.25) is 5.91 Å². The number of aromatic nitrogens is 2. The van der Waals surface area contributed by atoms with Crippen LogP contribution in [0.15, 0.2) is 15.3 Å². The van der Waals surface area contributed by atoms with Crippen molar-refractivity contribution in [2.75, 3.05) is 5.75 Å². The van der Waals surface area contributed by atoms with Gasteiger partial charge in [-0.05, 0) is 30.7 Å². The Labute approximate surface area is 136 Å². The van der Waals surface area contributed by atoms with Gasteiger partial charge in [-0.25, -0.2) is 4.98 Å². The number of thiophene rings is 1. The van der Waals surface area contributed by atoms with Crippen molar-refractivity contribution in [1.29, 1.82) is 0 Å². The van der Waals surface area contributed by atoms with E-state index in [4.69, 9.17) is 0 Å². The highest BCUT2D eigenvalue weighted by atomic mass is 32.2. The quantitative estimate of drug-likeness (QED) is 0.664. The molecule has 0 spiro atoms. The molecule has 2 N–H and O–H groups in total. The third kappa shape index (κ3) is 3.52. The molecule has 0 radical (unpaired) electrons. The number of aryl methyl sites for hydroxylation is 1. The molecule has 2 aromatic heterocycles. The average molecular weight is 337 g/mol. The Balaban J connectivity index is 1.61. The first-order valence-electron chi connectivity index (χ1n) is 7.54. The molecule has 2 heterocycles. The van der Waals surface area contributed by atoms with Crippen LogP contribution in [0, 0.1) is 6.92 Å². The first-order valence-corrected chi connectivity index (χ1v) is 9.40. The molecular weight excluding hydrogens is 318 g/mol. The molecule has 0 saturated heterocycles. The summed E-state index contributed by atoms with van der Waals surface area (Å²) in [6, 6.07) is 0.316. The first-order chi connectivity index (χ1) is 10.6. The van der Waals surface area contributed by atoms with Gasteiger partial charge >= 0.3 is 0 Å². The van der Waals surface area contributed by atoms with Crippen LogP contribution in [0.2, 0.25) is 0 Å². The fourth-order valence-corrected chi connectivity index (χ4v) is 4.44. The third-order valence-corrected chi connectivity index (χ3v) is 5.78. The van der Waals surface area contributed by atoms with E-state index < -0.39 is 0 Å². The Kier molecular flexibility index (Phi) is 4.83. The van der Waals surface area contributed by atoms with Gasteiger partial charge in [-0.1, -0.05) is 31.0 Å². The van der Waals surface area contributed by atoms with E-state index in [0.717, 1.165) is 23.2 Å². The average Bonchev–Trinajstić information content (AvgIpc) is 2.88. The lowest BCUT2D eigenvalue weighted by molar-refractivity contribution is -0.119. The van der Waals surface area contributed by atoms with E-state index >= 15 is 0 Å². The predicted molar refractivity (Wildman–Crippen MR) is 90.7 cm³/mol. The monoisotopic (exact) mass is 337 g/mol. The van der Waals surface area contributed by atoms with Gasteiger partial charge in [-0.2, -0.15) is 0 Å². The van der Waals surface area contributed by atoms with Crippen LogP contribution < -0.4 is 10.9 Å². The maximum Gasteiger partial charge on any atom is 0.260 e. The summed E-state index contributed by atoms with van der Waals surface area (Å²) in [4.78, 5) is 31.9. The molecule has 5 nitrogen and oxygen atoms in total. The van der Waals surface area contributed by atoms with Crippen LogP contribution in [0.4, 0.5) is 0 Å². The maximum absolute atomic E-state index is 12.0. The molecule has 1 saturated carbocycles. The molecule has 1 fully saturated rings. The van der Waals surface area contributed by atoms with Crippen molar-refractivity contribution in [3.05, 3.63) is 21.3 Å². The van der Waals surface area contributed by atoms with E-state index in [1.54, 1.807) is 0 Å². The number of hydrogen-bond acceptors (Lipinski definition) is 5. The van der Waals surface area contributed by atoms with Gasteiger partial charge in [0.1, 0.15) is 4.83 Å². The summed E-state index contributed by atoms with van der Waals surface area (Å²) >= 11 is 2.74. The number of aromatic amines is 1. The fourth-order valence-electron chi connectivity index (χ4n) is 2.79. The predicted octanol–water partition coefficient (Wildman–Crippen LogP) is 2.83. The second-order valence-corrected chi connectivity index (χ2v) is 7.48. The molecular formula is C15H19N3O2S2. The van der Waals surface area contributed by atoms with E-state index in [0.29, 0.717) is 16.6 Å². The molecule has 1 aliphatic rings. The third-order valence-electron chi connectivity index (χ3n) is 3.92. The number of amides is 1. The molecule has 7 heteroatoms. The number of carbonyl (C=O) groups excluding carboxylic acids is 1. The van der Waals surface area contributed by atoms with Crippen molar-refractivity contribution in [2.45, 2.75) is 50.2 Å². The Hall–Kier alpha value is -1.34. The Morgan fingerprint density at radius 1 is 1.45 bits per heavy atom. The van der Waals surface area contributed by atoms with Gasteiger partial charge in [-0.3, -0.25) is 9.59 Å². The molecule has 0 unspecified atom stereocenters. The second-order valence-electron chi connectivity index (χ2n) is 5.66. The Bertz CT molecular complexity index is 732. The number of carbonyl (C=O) groups is 1. The lowest BCUT2D eigenvalue weighted by Crippen LogP contribution is -2.37. The van der Waals surface area contributed by atoms with Crippen LogP contribution in [0.5, 0.6) is 0 Å². The topological polar surface area (TPSA) is 74.8 Å². The number of rotatable bonds is 4. The molecule has 3 rings (SSSR count). The number of nitrogens with one attached hydrogen (secondary N) is 2. The summed E-state index contributed by atoms with van der Waals surface area (Å²) in [5, 5.41) is 6.16. The zero-order valence-electron chi connectivity index (χ0n) is 12.5. The number of H-pyrrole nitrogens is 1. The Morgan fingerprint density at radius 2 is 2.23 bits per heavy atom. The maximum atomic E-state index is 12.0. The van der Waals surface area contributed by atoms with Crippen LogP contribution in [0.25, 0.3) is 10.2 Å². The summed E-state index contributed by atoms with van der Waals surface area (Å²) in [5.74, 6) is 0.303. The number of fused-ring (bicyclic) bond motifs is 1. The number of thioether (sulfide) groups is 1. The minimum absolute atomic E-state index is 0.0157. The van der Waals surface area contributed by atoms with E-state index in [1.807, 2.05) is 12.3 Å². The van der Waals surface area contributed by atoms with Gasteiger partial charge in [0.05, 0.1) is 11.1 Å². The van der Waals surface area contributed by atoms with Gasteiger partial charge in [0, 0.05) is 6.04 Å². The van der Waals surface area contributed by atoms with Crippen LogP contribution >= 0.6 is 23.1 Å². The highest BCUT2D eigenvalue weighted by Gasteiger charge is 2.16. The van der Waals surface area contributed by atoms with Crippen molar-refractivity contribution < 1.29 is 4.79 Å². The Morgan fingerprint density at radius 3 is 3.00 bits per heavy atom. The van der Waals surface area contributed by atoms with Gasteiger partial charge < -0.3 is 10.3 Å². The van der Waals surface area contributed by atoms with Crippen molar-refractivity contribution in [3.8, 4) is 0 Å². The minimum atomic E-state index is -0.126. The van der Waals surface area contributed by atoms with Crippen LogP contribution in [-0.2, 0) is 4.79 Å². The van der Waals surface area contributed by atoms with Gasteiger partial charge in [0.15, 0.2) is 5.16 Å². The molecule has 2 aromatic rings. The zero-order chi connectivity index (χ0) is 15.5. The smallest absolute Gasteiger partial charge is 0.260 e. The zero-order valence-corrected chi connectivity index (χ0v) is 14.1. The summed E-state index contributed by atoms with van der Waals surface area (Å²) < 4.78 is 0. The first kappa shape index (κ1) is 15.6. The standard InChI is InChI=1S/C15H19N3O2S2/c1-9-7-21-14-12(9)13(20)17-15(18-14)22-8-11(19)16-10-5-3-2-4-6-10/h7,10H,2-6,8H2,1H3,(H,16,19)(H,17,18,20). The molecule has 0 aromatic carbocycles. The van der Waals surface area contributed by atoms with Gasteiger partial charge in [-0.15, -0.1) is 11.3 Å². The van der Waals surface area contributed by atoms with E-state index in [1.165, 1.54) is 42.4 Å². The highest BCUT2D eigenvalue weighted by Crippen LogP contribution is 2.22. The van der Waals surface area contributed by atoms with Crippen LogP contribution in [0.3, 0.4) is 0 Å². The van der Waals surface area contributed by atoms with Crippen LogP contribution in [0.1, 0.15) is 37.7 Å². The largest absolute Gasteiger partial charge is 0.353 e. The molecule has 1 amide bonds. The van der Waals surface area contributed by atoms with Crippen LogP contribution in [-0.4, -0.2) is 27.7 Å². The summed E-state index contributed by atoms with van der Waals surface area (Å²) in [5.41, 5.74) is 0.819. The highest BCUT2D eigenvalue weighted by molar-refractivity contribution is 7.99. The molecule has 0 bridgehead atoms. The molecule has 0 aliphatic heterocycles. The van der Waals surface area contributed by atoms with Crippen molar-refractivity contribution in [3.63, 3.8) is 0 Å². The van der Waals surface area contributed by atoms with Crippen molar-refractivity contribution in [1.82, 2.24) is 15.3 Å². The van der Waals surface area contributed by atoms with E-state index in [9.17, 15) is 9.59 Å². The number of nitrogens with zero attached hydrogens (tertiary/aromatic N) is 1. The lowest BCUT2D eigenvalue weighted by atomic mass is 9.95. The number of hydrogen-bond donors (Lipinski definition) is 2. The SMILES string of the molecule is Cc1csc2nc(SCC(=O)NC3CCCCC3)[nH]c(=O)c12. The normalized spacial score (nSPS) is 16.0. The fraction of sp³-hybridized carbons (Fsp3) is 0.533. The van der Waals surface area contributed by atoms with E-state index in [2.05, 4.69) is 15.3 Å². The van der Waals surface area contributed by atoms with Gasteiger partial charge in [0.25, 0.3) is 5.56 Å². The lowest BCUT2D eigenvalue weighted by Gasteiger charge is -2.22. The molecule has 0 atom stereocenters. The second kappa shape index (κ2) is 6.83.